The van der Waals surface area contributed by atoms with Gasteiger partial charge in [0.05, 0.1) is 0 Å². The van der Waals surface area contributed by atoms with Crippen LogP contribution in [0.15, 0.2) is 0 Å². The third-order valence-corrected chi connectivity index (χ3v) is 4.83. The Morgan fingerprint density at radius 2 is 1.50 bits per heavy atom. The Hall–Kier alpha value is 1.61. The van der Waals surface area contributed by atoms with Crippen LogP contribution in [-0.2, 0) is 16.9 Å². The molecule has 0 N–H and O–H groups in total. The summed E-state index contributed by atoms with van der Waals surface area (Å²) in [6.45, 7) is 1.05. The maximum atomic E-state index is 10.3. The first-order valence-electron chi connectivity index (χ1n) is 1.85. The number of rotatable bonds is 1. The van der Waals surface area contributed by atoms with Crippen LogP contribution >= 0.6 is 47.1 Å². The van der Waals surface area contributed by atoms with Crippen LogP contribution in [0.5, 0.6) is 0 Å². The summed E-state index contributed by atoms with van der Waals surface area (Å²) in [6, 6.07) is 0. The topological polar surface area (TPSA) is 26.3 Å². The zero-order valence-corrected chi connectivity index (χ0v) is 11.3. The van der Waals surface area contributed by atoms with Gasteiger partial charge in [0, 0.05) is 0 Å². The number of halogens is 5. The summed E-state index contributed by atoms with van der Waals surface area (Å²) in [4.78, 5) is 10.3. The van der Waals surface area contributed by atoms with Crippen LogP contribution in [-0.4, -0.2) is 5.97 Å². The van der Waals surface area contributed by atoms with Crippen LogP contribution in [0, 0.1) is 0 Å². The van der Waals surface area contributed by atoms with Gasteiger partial charge in [0.25, 0.3) is 0 Å². The van der Waals surface area contributed by atoms with Crippen molar-refractivity contribution in [1.29, 1.82) is 0 Å². The number of carbonyl (C=O) groups is 1. The zero-order valence-electron chi connectivity index (χ0n) is 4.61. The van der Waals surface area contributed by atoms with Gasteiger partial charge in [-0.25, -0.2) is 0 Å². The molecule has 0 bridgehead atoms. The van der Waals surface area contributed by atoms with Gasteiger partial charge in [0.1, 0.15) is 0 Å². The molecule has 0 radical (unpaired) electrons. The summed E-state index contributed by atoms with van der Waals surface area (Å²) in [5.74, 6) is -0.818. The standard InChI is InChI=1S/C2H4O2.5ClH.W/c1-2(3)4;;;;;;/h1H3,(H,3,4);5*1H;/q;;;;;;+6/p-6. The summed E-state index contributed by atoms with van der Waals surface area (Å²) in [5.41, 5.74) is 0. The van der Waals surface area contributed by atoms with Gasteiger partial charge in [-0.1, -0.05) is 0 Å². The quantitative estimate of drug-likeness (QED) is 0.650. The Bertz CT molecular complexity index is 165. The van der Waals surface area contributed by atoms with Crippen LogP contribution in [0.2, 0.25) is 0 Å². The molecule has 0 saturated heterocycles. The molecule has 0 aliphatic rings. The molecule has 0 heterocycles. The minimum absolute atomic E-state index is 0.818. The molecule has 0 aliphatic carbocycles. The molecule has 0 aliphatic heterocycles. The van der Waals surface area contributed by atoms with Crippen molar-refractivity contribution in [1.82, 2.24) is 0 Å². The molecule has 2 nitrogen and oxygen atoms in total. The van der Waals surface area contributed by atoms with E-state index >= 15 is 0 Å². The summed E-state index contributed by atoms with van der Waals surface area (Å²) in [5, 5.41) is 0. The van der Waals surface area contributed by atoms with Crippen LogP contribution < -0.4 is 0 Å². The first-order valence-corrected chi connectivity index (χ1v) is 21.2. The van der Waals surface area contributed by atoms with Crippen molar-refractivity contribution in [2.75, 3.05) is 0 Å². The third kappa shape index (κ3) is 9.61. The molecule has 0 amide bonds. The average molecular weight is 420 g/mol. The van der Waals surface area contributed by atoms with E-state index in [0.29, 0.717) is 0 Å². The van der Waals surface area contributed by atoms with Crippen molar-refractivity contribution in [3.05, 3.63) is 0 Å². The molecular weight excluding hydrogens is 417 g/mol. The van der Waals surface area contributed by atoms with E-state index in [1.807, 2.05) is 0 Å². The molecule has 64 valence electrons. The maximum absolute atomic E-state index is 10.3. The summed E-state index contributed by atoms with van der Waals surface area (Å²) in [6.07, 6.45) is 0. The second kappa shape index (κ2) is 2.31. The fourth-order valence-corrected chi connectivity index (χ4v) is 5.45. The molecule has 0 atom stereocenters. The van der Waals surface area contributed by atoms with Gasteiger partial charge in [0.2, 0.25) is 0 Å². The van der Waals surface area contributed by atoms with E-state index in [1.54, 1.807) is 0 Å². The molecule has 0 spiro atoms. The van der Waals surface area contributed by atoms with Gasteiger partial charge >= 0.3 is 76.9 Å². The van der Waals surface area contributed by atoms with Crippen molar-refractivity contribution in [2.24, 2.45) is 0 Å². The van der Waals surface area contributed by atoms with E-state index in [9.17, 15) is 4.79 Å². The predicted molar refractivity (Wildman–Crippen MR) is 41.0 cm³/mol. The Kier molecular flexibility index (Phi) is 2.68. The van der Waals surface area contributed by atoms with Crippen molar-refractivity contribution in [2.45, 2.75) is 6.92 Å². The summed E-state index contributed by atoms with van der Waals surface area (Å²) in [7, 11) is 20.3. The number of hydrogen-bond donors (Lipinski definition) is 0. The van der Waals surface area contributed by atoms with E-state index in [0.717, 1.165) is 6.92 Å². The van der Waals surface area contributed by atoms with Gasteiger partial charge < -0.3 is 0 Å². The van der Waals surface area contributed by atoms with E-state index in [2.05, 4.69) is 3.39 Å². The molecule has 0 aromatic rings. The van der Waals surface area contributed by atoms with E-state index in [-0.39, 0.29) is 0 Å². The fraction of sp³-hybridized carbons (Fsp3) is 0.500. The normalized spacial score (nSPS) is 19.0. The van der Waals surface area contributed by atoms with Gasteiger partial charge in [-0.15, -0.1) is 0 Å². The van der Waals surface area contributed by atoms with Gasteiger partial charge in [-0.2, -0.15) is 0 Å². The molecule has 0 aromatic carbocycles. The predicted octanol–water partition coefficient (Wildman–Crippen LogP) is 3.46. The third-order valence-electron chi connectivity index (χ3n) is 0.275. The molecule has 0 rings (SSSR count). The summed E-state index contributed by atoms with van der Waals surface area (Å²) < 4.78 is 4.20. The molecule has 10 heavy (non-hydrogen) atoms. The van der Waals surface area contributed by atoms with E-state index in [1.165, 1.54) is 0 Å². The van der Waals surface area contributed by atoms with Crippen LogP contribution in [0.4, 0.5) is 0 Å². The molecule has 0 saturated carbocycles. The molecular formula is C2H3Cl5O2W. The van der Waals surface area contributed by atoms with Gasteiger partial charge in [-0.3, -0.25) is 0 Å². The second-order valence-electron chi connectivity index (χ2n) is 1.47. The SMILES string of the molecule is CC(=O)[O][W]([Cl])([Cl])([Cl])([Cl])[Cl]. The Balaban J connectivity index is 4.59. The van der Waals surface area contributed by atoms with Crippen LogP contribution in [0.25, 0.3) is 0 Å². The Morgan fingerprint density at radius 3 is 1.50 bits per heavy atom. The van der Waals surface area contributed by atoms with Crippen molar-refractivity contribution in [3.63, 3.8) is 0 Å². The minimum atomic E-state index is -6.00. The first-order chi connectivity index (χ1) is 3.89. The van der Waals surface area contributed by atoms with E-state index in [4.69, 9.17) is 47.1 Å². The molecule has 0 aromatic heterocycles. The van der Waals surface area contributed by atoms with Crippen molar-refractivity contribution < 1.29 is 16.9 Å². The van der Waals surface area contributed by atoms with Gasteiger partial charge in [-0.05, 0) is 0 Å². The second-order valence-corrected chi connectivity index (χ2v) is 51.9. The van der Waals surface area contributed by atoms with Crippen molar-refractivity contribution >= 4 is 53.1 Å². The first kappa shape index (κ1) is 11.6. The zero-order chi connectivity index (χ0) is 8.69. The molecule has 8 heteroatoms. The number of carbonyl (C=O) groups excluding carboxylic acids is 1. The molecule has 0 fully saturated rings. The van der Waals surface area contributed by atoms with Crippen LogP contribution in [0.3, 0.4) is 0 Å². The fourth-order valence-electron chi connectivity index (χ4n) is 0.222. The van der Waals surface area contributed by atoms with E-state index < -0.39 is 14.7 Å². The molecule has 0 unspecified atom stereocenters. The van der Waals surface area contributed by atoms with Crippen molar-refractivity contribution in [3.8, 4) is 0 Å². The summed E-state index contributed by atoms with van der Waals surface area (Å²) >= 11 is 0. The number of hydrogen-bond acceptors (Lipinski definition) is 2. The monoisotopic (exact) mass is 418 g/mol. The van der Waals surface area contributed by atoms with Crippen LogP contribution in [0.1, 0.15) is 6.92 Å². The Labute approximate surface area is 76.2 Å². The van der Waals surface area contributed by atoms with Gasteiger partial charge in [0.15, 0.2) is 0 Å². The average Bonchev–Trinajstić information content (AvgIpc) is 1.12. The Morgan fingerprint density at radius 1 is 1.20 bits per heavy atom.